The van der Waals surface area contributed by atoms with Crippen molar-refractivity contribution in [3.05, 3.63) is 0 Å². The van der Waals surface area contributed by atoms with Crippen LogP contribution in [0.2, 0.25) is 0 Å². The fourth-order valence-electron chi connectivity index (χ4n) is 1.41. The average Bonchev–Trinajstić information content (AvgIpc) is 1.87. The minimum atomic E-state index is 0.174. The number of hydrogen-bond donors (Lipinski definition) is 3. The van der Waals surface area contributed by atoms with Crippen LogP contribution < -0.4 is 10.8 Å². The molecule has 0 saturated carbocycles. The Morgan fingerprint density at radius 3 is 2.70 bits per heavy atom. The molecule has 1 aliphatic heterocycles. The van der Waals surface area contributed by atoms with E-state index in [1.165, 1.54) is 0 Å². The van der Waals surface area contributed by atoms with Gasteiger partial charge in [0, 0.05) is 12.6 Å². The van der Waals surface area contributed by atoms with Crippen LogP contribution in [-0.2, 0) is 0 Å². The van der Waals surface area contributed by atoms with Crippen molar-refractivity contribution in [3.8, 4) is 0 Å². The van der Waals surface area contributed by atoms with Gasteiger partial charge in [-0.3, -0.25) is 0 Å². The molecule has 0 bridgehead atoms. The van der Waals surface area contributed by atoms with E-state index in [9.17, 15) is 0 Å². The second-order valence-corrected chi connectivity index (χ2v) is 3.64. The van der Waals surface area contributed by atoms with Gasteiger partial charge in [0.05, 0.1) is 0 Å². The van der Waals surface area contributed by atoms with Gasteiger partial charge in [0.2, 0.25) is 0 Å². The van der Waals surface area contributed by atoms with E-state index in [1.807, 2.05) is 0 Å². The Kier molecular flexibility index (Phi) is 2.28. The lowest BCUT2D eigenvalue weighted by Crippen LogP contribution is -2.51. The molecule has 0 aromatic rings. The molecular formula is C7H16N2O. The molecule has 0 spiro atoms. The maximum atomic E-state index is 8.75. The molecule has 1 unspecified atom stereocenters. The van der Waals surface area contributed by atoms with Crippen molar-refractivity contribution in [1.82, 2.24) is 10.8 Å². The van der Waals surface area contributed by atoms with Gasteiger partial charge in [-0.25, -0.2) is 5.48 Å². The van der Waals surface area contributed by atoms with E-state index in [0.717, 1.165) is 19.5 Å². The zero-order valence-corrected chi connectivity index (χ0v) is 6.65. The minimum absolute atomic E-state index is 0.174. The van der Waals surface area contributed by atoms with Crippen molar-refractivity contribution in [2.45, 2.75) is 26.3 Å². The number of rotatable bonds is 1. The van der Waals surface area contributed by atoms with Crippen molar-refractivity contribution >= 4 is 0 Å². The van der Waals surface area contributed by atoms with Crippen LogP contribution >= 0.6 is 0 Å². The summed E-state index contributed by atoms with van der Waals surface area (Å²) in [5, 5.41) is 12.0. The van der Waals surface area contributed by atoms with E-state index in [0.29, 0.717) is 0 Å². The Hall–Kier alpha value is -0.120. The van der Waals surface area contributed by atoms with Crippen LogP contribution in [0.15, 0.2) is 0 Å². The van der Waals surface area contributed by atoms with E-state index in [4.69, 9.17) is 5.21 Å². The maximum absolute atomic E-state index is 8.75. The van der Waals surface area contributed by atoms with Gasteiger partial charge in [0.1, 0.15) is 0 Å². The van der Waals surface area contributed by atoms with E-state index in [1.54, 1.807) is 0 Å². The predicted octanol–water partition coefficient (Wildman–Crippen LogP) is 0.353. The lowest BCUT2D eigenvalue weighted by molar-refractivity contribution is 0.0460. The number of piperidine rings is 1. The highest BCUT2D eigenvalue weighted by Crippen LogP contribution is 2.24. The van der Waals surface area contributed by atoms with Gasteiger partial charge in [0.15, 0.2) is 0 Å². The molecule has 1 fully saturated rings. The van der Waals surface area contributed by atoms with Crippen LogP contribution in [0.1, 0.15) is 20.3 Å². The Morgan fingerprint density at radius 2 is 2.30 bits per heavy atom. The van der Waals surface area contributed by atoms with Crippen molar-refractivity contribution in [1.29, 1.82) is 0 Å². The molecule has 10 heavy (non-hydrogen) atoms. The monoisotopic (exact) mass is 144 g/mol. The first-order chi connectivity index (χ1) is 4.67. The minimum Gasteiger partial charge on any atom is -0.317 e. The third-order valence-electron chi connectivity index (χ3n) is 2.29. The first kappa shape index (κ1) is 7.98. The Morgan fingerprint density at radius 1 is 1.60 bits per heavy atom. The fourth-order valence-corrected chi connectivity index (χ4v) is 1.41. The van der Waals surface area contributed by atoms with Crippen molar-refractivity contribution in [2.75, 3.05) is 13.1 Å². The van der Waals surface area contributed by atoms with Crippen LogP contribution in [0.5, 0.6) is 0 Å². The fraction of sp³-hybridized carbons (Fsp3) is 1.00. The molecule has 3 nitrogen and oxygen atoms in total. The van der Waals surface area contributed by atoms with Crippen LogP contribution in [0, 0.1) is 5.41 Å². The van der Waals surface area contributed by atoms with Crippen molar-refractivity contribution in [2.24, 2.45) is 5.41 Å². The topological polar surface area (TPSA) is 44.3 Å². The van der Waals surface area contributed by atoms with E-state index in [2.05, 4.69) is 24.6 Å². The third-order valence-corrected chi connectivity index (χ3v) is 2.29. The molecule has 1 atom stereocenters. The Labute approximate surface area is 61.8 Å². The molecule has 3 heteroatoms. The third kappa shape index (κ3) is 1.48. The van der Waals surface area contributed by atoms with E-state index < -0.39 is 0 Å². The van der Waals surface area contributed by atoms with Gasteiger partial charge in [0.25, 0.3) is 0 Å². The summed E-state index contributed by atoms with van der Waals surface area (Å²) in [6, 6.07) is 0.244. The molecule has 60 valence electrons. The molecule has 0 aromatic carbocycles. The van der Waals surface area contributed by atoms with Gasteiger partial charge < -0.3 is 10.5 Å². The largest absolute Gasteiger partial charge is 0.317 e. The van der Waals surface area contributed by atoms with Crippen molar-refractivity contribution in [3.63, 3.8) is 0 Å². The predicted molar refractivity (Wildman–Crippen MR) is 40.0 cm³/mol. The zero-order chi connectivity index (χ0) is 7.61. The first-order valence-electron chi connectivity index (χ1n) is 3.77. The maximum Gasteiger partial charge on any atom is 0.0394 e. The highest BCUT2D eigenvalue weighted by Gasteiger charge is 2.31. The normalized spacial score (nSPS) is 32.1. The van der Waals surface area contributed by atoms with Gasteiger partial charge >= 0.3 is 0 Å². The highest BCUT2D eigenvalue weighted by atomic mass is 16.5. The van der Waals surface area contributed by atoms with Crippen LogP contribution in [0.4, 0.5) is 0 Å². The summed E-state index contributed by atoms with van der Waals surface area (Å²) in [5.41, 5.74) is 2.53. The zero-order valence-electron chi connectivity index (χ0n) is 6.65. The van der Waals surface area contributed by atoms with Crippen molar-refractivity contribution < 1.29 is 5.21 Å². The highest BCUT2D eigenvalue weighted by molar-refractivity contribution is 4.88. The van der Waals surface area contributed by atoms with Crippen LogP contribution in [-0.4, -0.2) is 24.3 Å². The molecule has 0 radical (unpaired) electrons. The van der Waals surface area contributed by atoms with Gasteiger partial charge in [-0.2, -0.15) is 0 Å². The van der Waals surface area contributed by atoms with Gasteiger partial charge in [-0.15, -0.1) is 0 Å². The lowest BCUT2D eigenvalue weighted by Gasteiger charge is -2.37. The van der Waals surface area contributed by atoms with E-state index >= 15 is 0 Å². The van der Waals surface area contributed by atoms with E-state index in [-0.39, 0.29) is 11.5 Å². The number of nitrogens with one attached hydrogen (secondary N) is 2. The molecule has 0 aromatic heterocycles. The number of hydrogen-bond acceptors (Lipinski definition) is 3. The van der Waals surface area contributed by atoms with Crippen LogP contribution in [0.25, 0.3) is 0 Å². The summed E-state index contributed by atoms with van der Waals surface area (Å²) in [6.07, 6.45) is 1.00. The summed E-state index contributed by atoms with van der Waals surface area (Å²) in [5.74, 6) is 0. The number of hydroxylamine groups is 1. The molecule has 1 saturated heterocycles. The standard InChI is InChI=1S/C7H16N2O/c1-7(2)5-8-4-3-6(7)9-10/h6,8-10H,3-5H2,1-2H3. The average molecular weight is 144 g/mol. The lowest BCUT2D eigenvalue weighted by atomic mass is 9.80. The summed E-state index contributed by atoms with van der Waals surface area (Å²) < 4.78 is 0. The quantitative estimate of drug-likeness (QED) is 0.465. The summed E-state index contributed by atoms with van der Waals surface area (Å²) >= 11 is 0. The summed E-state index contributed by atoms with van der Waals surface area (Å²) in [7, 11) is 0. The molecule has 1 aliphatic rings. The van der Waals surface area contributed by atoms with Gasteiger partial charge in [-0.1, -0.05) is 13.8 Å². The second kappa shape index (κ2) is 2.86. The molecule has 0 aliphatic carbocycles. The molecule has 1 rings (SSSR count). The SMILES string of the molecule is CC1(C)CNCCC1NO. The molecule has 1 heterocycles. The first-order valence-corrected chi connectivity index (χ1v) is 3.77. The molecule has 3 N–H and O–H groups in total. The smallest absolute Gasteiger partial charge is 0.0394 e. The second-order valence-electron chi connectivity index (χ2n) is 3.64. The molecule has 0 amide bonds. The van der Waals surface area contributed by atoms with Crippen LogP contribution in [0.3, 0.4) is 0 Å². The van der Waals surface area contributed by atoms with Gasteiger partial charge in [-0.05, 0) is 18.4 Å². The Bertz CT molecular complexity index is 114. The molecular weight excluding hydrogens is 128 g/mol. The Balaban J connectivity index is 2.51. The summed E-state index contributed by atoms with van der Waals surface area (Å²) in [4.78, 5) is 0. The summed E-state index contributed by atoms with van der Waals surface area (Å²) in [6.45, 7) is 6.27.